The molecule has 31 heavy (non-hydrogen) atoms. The molecule has 0 aromatic rings. The van der Waals surface area contributed by atoms with E-state index in [-0.39, 0.29) is 0 Å². The number of hydrogen-bond acceptors (Lipinski definition) is 3. The van der Waals surface area contributed by atoms with E-state index < -0.39 is 0 Å². The van der Waals surface area contributed by atoms with Gasteiger partial charge in [0.05, 0.1) is 0 Å². The Labute approximate surface area is 196 Å². The van der Waals surface area contributed by atoms with Gasteiger partial charge in [0.25, 0.3) is 0 Å². The lowest BCUT2D eigenvalue weighted by Crippen LogP contribution is -2.40. The maximum atomic E-state index is 2.61. The summed E-state index contributed by atoms with van der Waals surface area (Å²) in [6.07, 6.45) is 15.9. The minimum atomic E-state index is 0.929. The minimum absolute atomic E-state index is 0.929. The molecule has 4 atom stereocenters. The molecule has 0 radical (unpaired) electrons. The van der Waals surface area contributed by atoms with E-state index in [1.807, 2.05) is 0 Å². The molecule has 0 aromatic heterocycles. The van der Waals surface area contributed by atoms with Gasteiger partial charge in [-0.05, 0) is 116 Å². The van der Waals surface area contributed by atoms with Gasteiger partial charge in [-0.2, -0.15) is 0 Å². The number of nitrogens with zero attached hydrogens (tertiary/aromatic N) is 3. The lowest BCUT2D eigenvalue weighted by molar-refractivity contribution is 0.130. The van der Waals surface area contributed by atoms with Gasteiger partial charge >= 0.3 is 0 Å². The van der Waals surface area contributed by atoms with Gasteiger partial charge < -0.3 is 14.7 Å². The minimum Gasteiger partial charge on any atom is -0.306 e. The van der Waals surface area contributed by atoms with Crippen LogP contribution in [0.1, 0.15) is 98.3 Å². The van der Waals surface area contributed by atoms with E-state index in [2.05, 4.69) is 63.5 Å². The highest BCUT2D eigenvalue weighted by molar-refractivity contribution is 4.92. The second-order valence-electron chi connectivity index (χ2n) is 12.1. The first kappa shape index (κ1) is 27.1. The molecule has 1 aliphatic carbocycles. The normalized spacial score (nSPS) is 34.9. The first-order chi connectivity index (χ1) is 14.8. The lowest BCUT2D eigenvalue weighted by Gasteiger charge is -2.35. The molecule has 3 nitrogen and oxygen atoms in total. The summed E-state index contributed by atoms with van der Waals surface area (Å²) >= 11 is 0. The van der Waals surface area contributed by atoms with Crippen LogP contribution in [0, 0.1) is 23.7 Å². The zero-order chi connectivity index (χ0) is 22.8. The third-order valence-corrected chi connectivity index (χ3v) is 8.77. The Morgan fingerprint density at radius 3 is 1.52 bits per heavy atom. The van der Waals surface area contributed by atoms with Crippen LogP contribution >= 0.6 is 0 Å². The molecule has 5 aliphatic rings. The third kappa shape index (κ3) is 10.1. The summed E-state index contributed by atoms with van der Waals surface area (Å²) in [5, 5.41) is 0. The van der Waals surface area contributed by atoms with Gasteiger partial charge in [-0.15, -0.1) is 0 Å². The third-order valence-electron chi connectivity index (χ3n) is 8.77. The Morgan fingerprint density at radius 1 is 0.516 bits per heavy atom. The zero-order valence-corrected chi connectivity index (χ0v) is 22.4. The molecule has 0 amide bonds. The first-order valence-corrected chi connectivity index (χ1v) is 13.8. The Bertz CT molecular complexity index is 437. The molecule has 3 heteroatoms. The average molecular weight is 436 g/mol. The standard InChI is InChI=1S/C9H17N.2C7H15N.C5H10/c1-7-3-4-8-5-6-9(7)10(8)2;1-7-3-5-8(2)6-4-7;1-7-4-3-5-8(2)6-7;1-5-3-2-4-5/h7-9H,3-6H2,1-2H3;2*7H,3-6H2,1-2H3;5H,2-4H2,1H3. The van der Waals surface area contributed by atoms with Gasteiger partial charge in [0.1, 0.15) is 0 Å². The summed E-state index contributed by atoms with van der Waals surface area (Å²) < 4.78 is 0. The van der Waals surface area contributed by atoms with Crippen molar-refractivity contribution in [1.29, 1.82) is 0 Å². The van der Waals surface area contributed by atoms with E-state index in [0.29, 0.717) is 0 Å². The second-order valence-corrected chi connectivity index (χ2v) is 12.1. The molecule has 0 aromatic carbocycles. The van der Waals surface area contributed by atoms with Crippen molar-refractivity contribution in [2.24, 2.45) is 23.7 Å². The first-order valence-electron chi connectivity index (χ1n) is 13.8. The molecule has 4 unspecified atom stereocenters. The fourth-order valence-corrected chi connectivity index (χ4v) is 5.90. The van der Waals surface area contributed by atoms with Crippen LogP contribution < -0.4 is 0 Å². The van der Waals surface area contributed by atoms with E-state index in [0.717, 1.165) is 35.8 Å². The predicted molar refractivity (Wildman–Crippen MR) is 138 cm³/mol. The summed E-state index contributed by atoms with van der Waals surface area (Å²) in [7, 11) is 6.71. The Kier molecular flexibility index (Phi) is 12.4. The molecular weight excluding hydrogens is 378 g/mol. The van der Waals surface area contributed by atoms with Crippen molar-refractivity contribution < 1.29 is 0 Å². The smallest absolute Gasteiger partial charge is 0.0121 e. The van der Waals surface area contributed by atoms with Gasteiger partial charge in [0.2, 0.25) is 0 Å². The Balaban J connectivity index is 0.000000151. The molecule has 2 bridgehead atoms. The molecular formula is C28H57N3. The van der Waals surface area contributed by atoms with Crippen molar-refractivity contribution in [1.82, 2.24) is 14.7 Å². The Hall–Kier alpha value is -0.120. The topological polar surface area (TPSA) is 9.72 Å². The van der Waals surface area contributed by atoms with Gasteiger partial charge in [-0.3, -0.25) is 0 Å². The van der Waals surface area contributed by atoms with Crippen LogP contribution in [0.2, 0.25) is 0 Å². The summed E-state index contributed by atoms with van der Waals surface area (Å²) in [6.45, 7) is 14.6. The molecule has 5 rings (SSSR count). The Morgan fingerprint density at radius 2 is 1.10 bits per heavy atom. The number of piperidine rings is 3. The van der Waals surface area contributed by atoms with E-state index in [9.17, 15) is 0 Å². The quantitative estimate of drug-likeness (QED) is 0.437. The zero-order valence-electron chi connectivity index (χ0n) is 22.4. The fourth-order valence-electron chi connectivity index (χ4n) is 5.90. The van der Waals surface area contributed by atoms with Crippen LogP contribution in [0.5, 0.6) is 0 Å². The van der Waals surface area contributed by atoms with Gasteiger partial charge in [0, 0.05) is 18.6 Å². The number of rotatable bonds is 0. The maximum absolute atomic E-state index is 2.61. The summed E-state index contributed by atoms with van der Waals surface area (Å²) in [5.74, 6) is 3.94. The lowest BCUT2D eigenvalue weighted by atomic mass is 9.88. The molecule has 0 N–H and O–H groups in total. The highest BCUT2D eigenvalue weighted by Crippen LogP contribution is 2.37. The number of likely N-dealkylation sites (tertiary alicyclic amines) is 2. The van der Waals surface area contributed by atoms with Crippen molar-refractivity contribution >= 4 is 0 Å². The average Bonchev–Trinajstić information content (AvgIpc) is 2.96. The predicted octanol–water partition coefficient (Wildman–Crippen LogP) is 6.38. The van der Waals surface area contributed by atoms with E-state index >= 15 is 0 Å². The van der Waals surface area contributed by atoms with Crippen LogP contribution in [0.4, 0.5) is 0 Å². The monoisotopic (exact) mass is 435 g/mol. The van der Waals surface area contributed by atoms with Crippen LogP contribution in [0.25, 0.3) is 0 Å². The van der Waals surface area contributed by atoms with Gasteiger partial charge in [-0.25, -0.2) is 0 Å². The highest BCUT2D eigenvalue weighted by atomic mass is 15.2. The van der Waals surface area contributed by atoms with Gasteiger partial charge in [0.15, 0.2) is 0 Å². The van der Waals surface area contributed by atoms with Crippen molar-refractivity contribution in [3.8, 4) is 0 Å². The summed E-state index contributed by atoms with van der Waals surface area (Å²) in [5.41, 5.74) is 0. The molecule has 5 fully saturated rings. The van der Waals surface area contributed by atoms with Crippen molar-refractivity contribution in [3.63, 3.8) is 0 Å². The summed E-state index contributed by atoms with van der Waals surface area (Å²) in [6, 6.07) is 1.87. The van der Waals surface area contributed by atoms with Crippen molar-refractivity contribution in [2.75, 3.05) is 47.3 Å². The molecule has 184 valence electrons. The largest absolute Gasteiger partial charge is 0.306 e. The highest BCUT2D eigenvalue weighted by Gasteiger charge is 2.37. The van der Waals surface area contributed by atoms with Crippen molar-refractivity contribution in [3.05, 3.63) is 0 Å². The molecule has 1 saturated carbocycles. The van der Waals surface area contributed by atoms with Crippen LogP contribution in [-0.4, -0.2) is 74.1 Å². The van der Waals surface area contributed by atoms with Gasteiger partial charge in [-0.1, -0.05) is 47.0 Å². The van der Waals surface area contributed by atoms with Crippen LogP contribution in [0.15, 0.2) is 0 Å². The van der Waals surface area contributed by atoms with Crippen molar-refractivity contribution in [2.45, 2.75) is 110 Å². The van der Waals surface area contributed by atoms with E-state index in [1.54, 1.807) is 0 Å². The SMILES string of the molecule is CC1CCC1.CC1CCC2CCC1N2C.CC1CCCN(C)C1.CC1CCN(C)CC1. The maximum Gasteiger partial charge on any atom is 0.0121 e. The molecule has 0 spiro atoms. The van der Waals surface area contributed by atoms with E-state index in [1.165, 1.54) is 96.8 Å². The molecule has 4 heterocycles. The number of hydrogen-bond donors (Lipinski definition) is 0. The second kappa shape index (κ2) is 14.2. The van der Waals surface area contributed by atoms with Crippen LogP contribution in [-0.2, 0) is 0 Å². The number of fused-ring (bicyclic) bond motifs is 2. The molecule has 4 aliphatic heterocycles. The summed E-state index contributed by atoms with van der Waals surface area (Å²) in [4.78, 5) is 7.42. The fraction of sp³-hybridized carbons (Fsp3) is 1.00. The van der Waals surface area contributed by atoms with Crippen LogP contribution in [0.3, 0.4) is 0 Å². The van der Waals surface area contributed by atoms with E-state index in [4.69, 9.17) is 0 Å². The molecule has 4 saturated heterocycles.